The number of hydrogen-bond acceptors (Lipinski definition) is 4. The van der Waals surface area contributed by atoms with Crippen LogP contribution in [0.15, 0.2) is 67.0 Å². The third-order valence-electron chi connectivity index (χ3n) is 5.07. The molecular weight excluding hydrogens is 382 g/mol. The van der Waals surface area contributed by atoms with Crippen molar-refractivity contribution in [3.63, 3.8) is 0 Å². The summed E-state index contributed by atoms with van der Waals surface area (Å²) in [5.74, 6) is -0.573. The van der Waals surface area contributed by atoms with E-state index in [0.717, 1.165) is 11.3 Å². The molecule has 0 aliphatic carbocycles. The summed E-state index contributed by atoms with van der Waals surface area (Å²) in [5, 5.41) is 12.0. The molecule has 30 heavy (non-hydrogen) atoms. The second-order valence-electron chi connectivity index (χ2n) is 7.29. The van der Waals surface area contributed by atoms with Crippen LogP contribution in [-0.4, -0.2) is 27.6 Å². The van der Waals surface area contributed by atoms with Gasteiger partial charge in [0.25, 0.3) is 5.91 Å². The van der Waals surface area contributed by atoms with Crippen molar-refractivity contribution in [2.75, 3.05) is 5.32 Å². The van der Waals surface area contributed by atoms with E-state index in [1.54, 1.807) is 42.1 Å². The fourth-order valence-electron chi connectivity index (χ4n) is 3.35. The number of nitrogens with one attached hydrogen (secondary N) is 3. The molecule has 8 nitrogen and oxygen atoms in total. The van der Waals surface area contributed by atoms with Crippen LogP contribution < -0.4 is 16.0 Å². The number of carbonyl (C=O) groups is 3. The normalized spacial score (nSPS) is 18.0. The van der Waals surface area contributed by atoms with Crippen molar-refractivity contribution in [2.24, 2.45) is 0 Å². The van der Waals surface area contributed by atoms with Gasteiger partial charge in [0, 0.05) is 18.3 Å². The first kappa shape index (κ1) is 19.4. The maximum Gasteiger partial charge on any atom is 0.322 e. The molecule has 3 N–H and O–H groups in total. The molecule has 1 aromatic heterocycles. The molecule has 4 amide bonds. The summed E-state index contributed by atoms with van der Waals surface area (Å²) in [7, 11) is 0. The molecule has 0 spiro atoms. The van der Waals surface area contributed by atoms with Crippen molar-refractivity contribution >= 4 is 23.5 Å². The molecular formula is C22H21N5O3. The number of para-hydroxylation sites is 1. The zero-order chi connectivity index (χ0) is 21.1. The SMILES string of the molecule is CC1(c2cccc(NC(=O)CCc3cnn(-c4ccccc4)c3)c2)NC(=O)NC1=O. The monoisotopic (exact) mass is 403 g/mol. The molecule has 8 heteroatoms. The summed E-state index contributed by atoms with van der Waals surface area (Å²) in [6.07, 6.45) is 4.50. The maximum absolute atomic E-state index is 12.4. The van der Waals surface area contributed by atoms with Crippen LogP contribution in [0.1, 0.15) is 24.5 Å². The Hall–Kier alpha value is -3.94. The van der Waals surface area contributed by atoms with Gasteiger partial charge >= 0.3 is 6.03 Å². The van der Waals surface area contributed by atoms with Gasteiger partial charge in [0.15, 0.2) is 0 Å². The number of imide groups is 1. The van der Waals surface area contributed by atoms with Crippen LogP contribution in [0.3, 0.4) is 0 Å². The van der Waals surface area contributed by atoms with Gasteiger partial charge in [-0.05, 0) is 48.7 Å². The van der Waals surface area contributed by atoms with Gasteiger partial charge in [-0.25, -0.2) is 9.48 Å². The Bertz CT molecular complexity index is 1110. The molecule has 4 rings (SSSR count). The molecule has 2 heterocycles. The average molecular weight is 403 g/mol. The van der Waals surface area contributed by atoms with Gasteiger partial charge in [-0.3, -0.25) is 14.9 Å². The van der Waals surface area contributed by atoms with Gasteiger partial charge in [-0.15, -0.1) is 0 Å². The molecule has 152 valence electrons. The van der Waals surface area contributed by atoms with Gasteiger partial charge in [-0.1, -0.05) is 30.3 Å². The quantitative estimate of drug-likeness (QED) is 0.550. The highest BCUT2D eigenvalue weighted by atomic mass is 16.2. The number of amides is 4. The number of benzene rings is 2. The van der Waals surface area contributed by atoms with Crippen molar-refractivity contribution in [1.29, 1.82) is 0 Å². The summed E-state index contributed by atoms with van der Waals surface area (Å²) in [4.78, 5) is 36.0. The summed E-state index contributed by atoms with van der Waals surface area (Å²) < 4.78 is 1.78. The molecule has 1 aliphatic rings. The van der Waals surface area contributed by atoms with E-state index in [4.69, 9.17) is 0 Å². The van der Waals surface area contributed by atoms with Crippen LogP contribution in [-0.2, 0) is 21.5 Å². The number of aromatic nitrogens is 2. The van der Waals surface area contributed by atoms with Crippen LogP contribution in [0.25, 0.3) is 5.69 Å². The fourth-order valence-corrected chi connectivity index (χ4v) is 3.35. The minimum Gasteiger partial charge on any atom is -0.326 e. The Morgan fingerprint density at radius 3 is 2.67 bits per heavy atom. The van der Waals surface area contributed by atoms with Crippen molar-refractivity contribution in [3.05, 3.63) is 78.1 Å². The molecule has 3 aromatic rings. The predicted octanol–water partition coefficient (Wildman–Crippen LogP) is 2.50. The van der Waals surface area contributed by atoms with Gasteiger partial charge < -0.3 is 10.6 Å². The Balaban J connectivity index is 1.38. The van der Waals surface area contributed by atoms with Gasteiger partial charge in [0.2, 0.25) is 5.91 Å². The number of hydrogen-bond donors (Lipinski definition) is 3. The van der Waals surface area contributed by atoms with E-state index >= 15 is 0 Å². The third kappa shape index (κ3) is 3.93. The lowest BCUT2D eigenvalue weighted by Crippen LogP contribution is -2.40. The largest absolute Gasteiger partial charge is 0.326 e. The Labute approximate surface area is 173 Å². The predicted molar refractivity (Wildman–Crippen MR) is 111 cm³/mol. The third-order valence-corrected chi connectivity index (χ3v) is 5.07. The maximum atomic E-state index is 12.4. The lowest BCUT2D eigenvalue weighted by molar-refractivity contribution is -0.123. The zero-order valence-corrected chi connectivity index (χ0v) is 16.4. The van der Waals surface area contributed by atoms with Crippen LogP contribution in [0.5, 0.6) is 0 Å². The number of anilines is 1. The molecule has 0 radical (unpaired) electrons. The molecule has 0 bridgehead atoms. The van der Waals surface area contributed by atoms with Crippen LogP contribution in [0, 0.1) is 0 Å². The molecule has 1 saturated heterocycles. The number of nitrogens with zero attached hydrogens (tertiary/aromatic N) is 2. The molecule has 1 atom stereocenters. The van der Waals surface area contributed by atoms with E-state index in [0.29, 0.717) is 24.1 Å². The van der Waals surface area contributed by atoms with E-state index in [9.17, 15) is 14.4 Å². The van der Waals surface area contributed by atoms with Crippen LogP contribution in [0.2, 0.25) is 0 Å². The highest BCUT2D eigenvalue weighted by Crippen LogP contribution is 2.26. The van der Waals surface area contributed by atoms with Gasteiger partial charge in [0.05, 0.1) is 11.9 Å². The molecule has 0 saturated carbocycles. The molecule has 1 aliphatic heterocycles. The summed E-state index contributed by atoms with van der Waals surface area (Å²) in [6.45, 7) is 1.62. The highest BCUT2D eigenvalue weighted by Gasteiger charge is 2.43. The number of aryl methyl sites for hydroxylation is 1. The number of carbonyl (C=O) groups excluding carboxylic acids is 3. The Morgan fingerprint density at radius 1 is 1.13 bits per heavy atom. The Kier molecular flexibility index (Phi) is 5.05. The second-order valence-corrected chi connectivity index (χ2v) is 7.29. The van der Waals surface area contributed by atoms with E-state index in [1.165, 1.54) is 0 Å². The van der Waals surface area contributed by atoms with Gasteiger partial charge in [-0.2, -0.15) is 5.10 Å². The molecule has 2 aromatic carbocycles. The Morgan fingerprint density at radius 2 is 1.93 bits per heavy atom. The molecule has 1 fully saturated rings. The van der Waals surface area contributed by atoms with Crippen molar-refractivity contribution in [1.82, 2.24) is 20.4 Å². The minimum absolute atomic E-state index is 0.148. The minimum atomic E-state index is -1.16. The number of urea groups is 1. The molecule has 1 unspecified atom stereocenters. The van der Waals surface area contributed by atoms with E-state index in [2.05, 4.69) is 21.0 Å². The lowest BCUT2D eigenvalue weighted by atomic mass is 9.92. The standard InChI is InChI=1S/C22H21N5O3/c1-22(20(29)25-21(30)26-22)16-6-5-7-17(12-16)24-19(28)11-10-15-13-23-27(14-15)18-8-3-2-4-9-18/h2-9,12-14H,10-11H2,1H3,(H,24,28)(H2,25,26,29,30). The topological polar surface area (TPSA) is 105 Å². The van der Waals surface area contributed by atoms with E-state index < -0.39 is 17.5 Å². The van der Waals surface area contributed by atoms with Crippen LogP contribution in [0.4, 0.5) is 10.5 Å². The summed E-state index contributed by atoms with van der Waals surface area (Å²) >= 11 is 0. The second kappa shape index (κ2) is 7.82. The van der Waals surface area contributed by atoms with Crippen molar-refractivity contribution in [3.8, 4) is 5.69 Å². The average Bonchev–Trinajstić information content (AvgIpc) is 3.32. The van der Waals surface area contributed by atoms with E-state index in [1.807, 2.05) is 36.5 Å². The summed E-state index contributed by atoms with van der Waals surface area (Å²) in [6, 6.07) is 16.1. The first-order valence-electron chi connectivity index (χ1n) is 9.57. The lowest BCUT2D eigenvalue weighted by Gasteiger charge is -2.21. The van der Waals surface area contributed by atoms with Crippen molar-refractivity contribution < 1.29 is 14.4 Å². The van der Waals surface area contributed by atoms with Gasteiger partial charge in [0.1, 0.15) is 5.54 Å². The first-order valence-corrected chi connectivity index (χ1v) is 9.57. The first-order chi connectivity index (χ1) is 14.4. The smallest absolute Gasteiger partial charge is 0.322 e. The highest BCUT2D eigenvalue weighted by molar-refractivity contribution is 6.07. The fraction of sp³-hybridized carbons (Fsp3) is 0.182. The number of rotatable bonds is 6. The van der Waals surface area contributed by atoms with E-state index in [-0.39, 0.29) is 5.91 Å². The zero-order valence-electron chi connectivity index (χ0n) is 16.4. The summed E-state index contributed by atoms with van der Waals surface area (Å²) in [5.41, 5.74) is 1.91. The van der Waals surface area contributed by atoms with Crippen molar-refractivity contribution in [2.45, 2.75) is 25.3 Å². The van der Waals surface area contributed by atoms with Crippen LogP contribution >= 0.6 is 0 Å².